The lowest BCUT2D eigenvalue weighted by molar-refractivity contribution is -0.134. The lowest BCUT2D eigenvalue weighted by atomic mass is 10.2. The van der Waals surface area contributed by atoms with E-state index in [9.17, 15) is 21.6 Å². The summed E-state index contributed by atoms with van der Waals surface area (Å²) in [6, 6.07) is 9.04. The van der Waals surface area contributed by atoms with Crippen LogP contribution < -0.4 is 8.92 Å². The number of carbonyl (C=O) groups is 1. The molecule has 0 aliphatic carbocycles. The largest absolute Gasteiger partial charge is 0.493 e. The molecule has 0 aromatic heterocycles. The Kier molecular flexibility index (Phi) is 6.47. The van der Waals surface area contributed by atoms with Crippen molar-refractivity contribution in [3.8, 4) is 11.5 Å². The van der Waals surface area contributed by atoms with Gasteiger partial charge in [0, 0.05) is 12.3 Å². The molecular weight excluding hydrogens is 408 g/mol. The standard InChI is InChI=1S/C18H18O8S2/c1-24-17-12-13(5-11-18(19)25-2)4-10-16(17)26-28(22,23)15-8-6-14(7-9-15)27(3,20)21/h4-12H,1-3H3/b11-5+. The molecule has 0 heterocycles. The summed E-state index contributed by atoms with van der Waals surface area (Å²) in [6.07, 6.45) is 3.69. The van der Waals surface area contributed by atoms with Crippen LogP contribution in [0.4, 0.5) is 0 Å². The number of sulfone groups is 1. The third-order valence-electron chi connectivity index (χ3n) is 3.54. The molecule has 28 heavy (non-hydrogen) atoms. The highest BCUT2D eigenvalue weighted by Gasteiger charge is 2.20. The smallest absolute Gasteiger partial charge is 0.339 e. The second-order valence-corrected chi connectivity index (χ2v) is 9.11. The van der Waals surface area contributed by atoms with Gasteiger partial charge in [-0.15, -0.1) is 0 Å². The van der Waals surface area contributed by atoms with Crippen molar-refractivity contribution in [2.45, 2.75) is 9.79 Å². The monoisotopic (exact) mass is 426 g/mol. The molecule has 150 valence electrons. The Morgan fingerprint density at radius 2 is 1.50 bits per heavy atom. The fourth-order valence-electron chi connectivity index (χ4n) is 2.11. The maximum Gasteiger partial charge on any atom is 0.339 e. The molecule has 0 spiro atoms. The summed E-state index contributed by atoms with van der Waals surface area (Å²) < 4.78 is 62.7. The number of benzene rings is 2. The van der Waals surface area contributed by atoms with Crippen LogP contribution in [0.2, 0.25) is 0 Å². The second kappa shape index (κ2) is 8.44. The van der Waals surface area contributed by atoms with Crippen LogP contribution in [-0.4, -0.2) is 43.3 Å². The fraction of sp³-hybridized carbons (Fsp3) is 0.167. The molecule has 0 unspecified atom stereocenters. The Morgan fingerprint density at radius 1 is 0.893 bits per heavy atom. The van der Waals surface area contributed by atoms with E-state index in [0.29, 0.717) is 5.56 Å². The molecule has 0 radical (unpaired) electrons. The molecule has 0 aliphatic rings. The predicted octanol–water partition coefficient (Wildman–Crippen LogP) is 2.05. The molecule has 2 aromatic rings. The third kappa shape index (κ3) is 5.33. The van der Waals surface area contributed by atoms with Crippen molar-refractivity contribution >= 4 is 32.0 Å². The van der Waals surface area contributed by atoms with E-state index in [-0.39, 0.29) is 21.3 Å². The summed E-state index contributed by atoms with van der Waals surface area (Å²) in [7, 11) is -5.08. The first-order valence-corrected chi connectivity index (χ1v) is 11.1. The Labute approximate surface area is 163 Å². The second-order valence-electron chi connectivity index (χ2n) is 5.55. The Morgan fingerprint density at radius 3 is 2.04 bits per heavy atom. The Bertz CT molecular complexity index is 1100. The highest BCUT2D eigenvalue weighted by atomic mass is 32.2. The van der Waals surface area contributed by atoms with Gasteiger partial charge in [-0.1, -0.05) is 6.07 Å². The first-order chi connectivity index (χ1) is 13.1. The number of carbonyl (C=O) groups excluding carboxylic acids is 1. The van der Waals surface area contributed by atoms with Crippen molar-refractivity contribution in [1.29, 1.82) is 0 Å². The zero-order valence-electron chi connectivity index (χ0n) is 15.3. The van der Waals surface area contributed by atoms with Gasteiger partial charge in [0.1, 0.15) is 4.90 Å². The maximum atomic E-state index is 12.5. The highest BCUT2D eigenvalue weighted by Crippen LogP contribution is 2.31. The first kappa shape index (κ1) is 21.5. The van der Waals surface area contributed by atoms with E-state index in [4.69, 9.17) is 8.92 Å². The Hall–Kier alpha value is -2.85. The van der Waals surface area contributed by atoms with Crippen LogP contribution in [0.1, 0.15) is 5.56 Å². The molecule has 0 saturated carbocycles. The van der Waals surface area contributed by atoms with Crippen molar-refractivity contribution in [2.24, 2.45) is 0 Å². The summed E-state index contributed by atoms with van der Waals surface area (Å²) in [4.78, 5) is 10.9. The van der Waals surface area contributed by atoms with Gasteiger partial charge in [0.05, 0.1) is 19.1 Å². The summed E-state index contributed by atoms with van der Waals surface area (Å²) in [5.41, 5.74) is 0.560. The van der Waals surface area contributed by atoms with Gasteiger partial charge in [-0.2, -0.15) is 8.42 Å². The molecule has 0 aliphatic heterocycles. The minimum absolute atomic E-state index is 0.00854. The van der Waals surface area contributed by atoms with Crippen molar-refractivity contribution < 1.29 is 35.3 Å². The number of ether oxygens (including phenoxy) is 2. The average Bonchev–Trinajstić information content (AvgIpc) is 2.66. The molecule has 2 rings (SSSR count). The van der Waals surface area contributed by atoms with Crippen molar-refractivity contribution in [1.82, 2.24) is 0 Å². The molecule has 0 atom stereocenters. The number of rotatable bonds is 7. The summed E-state index contributed by atoms with van der Waals surface area (Å²) in [5.74, 6) is -0.479. The molecule has 0 fully saturated rings. The SMILES string of the molecule is COC(=O)/C=C/c1ccc(OS(=O)(=O)c2ccc(S(C)(=O)=O)cc2)c(OC)c1. The van der Waals surface area contributed by atoms with Crippen LogP contribution >= 0.6 is 0 Å². The lowest BCUT2D eigenvalue weighted by Crippen LogP contribution is -2.11. The summed E-state index contributed by atoms with van der Waals surface area (Å²) in [5, 5.41) is 0. The third-order valence-corrected chi connectivity index (χ3v) is 5.92. The molecule has 0 amide bonds. The zero-order valence-corrected chi connectivity index (χ0v) is 16.9. The van der Waals surface area contributed by atoms with Crippen LogP contribution in [0.3, 0.4) is 0 Å². The van der Waals surface area contributed by atoms with Crippen molar-refractivity contribution in [3.05, 3.63) is 54.1 Å². The number of methoxy groups -OCH3 is 2. The van der Waals surface area contributed by atoms with Crippen LogP contribution in [0.15, 0.2) is 58.3 Å². The predicted molar refractivity (Wildman–Crippen MR) is 101 cm³/mol. The quantitative estimate of drug-likeness (QED) is 0.376. The molecule has 2 aromatic carbocycles. The van der Waals surface area contributed by atoms with E-state index in [0.717, 1.165) is 18.4 Å². The normalized spacial score (nSPS) is 12.0. The Balaban J connectivity index is 2.30. The molecule has 0 N–H and O–H groups in total. The molecule has 8 nitrogen and oxygen atoms in total. The topological polar surface area (TPSA) is 113 Å². The molecule has 0 bridgehead atoms. The summed E-state index contributed by atoms with van der Waals surface area (Å²) >= 11 is 0. The van der Waals surface area contributed by atoms with Crippen molar-refractivity contribution in [2.75, 3.05) is 20.5 Å². The minimum Gasteiger partial charge on any atom is -0.493 e. The van der Waals surface area contributed by atoms with Crippen LogP contribution in [0, 0.1) is 0 Å². The number of hydrogen-bond donors (Lipinski definition) is 0. The van der Waals surface area contributed by atoms with Gasteiger partial charge in [-0.3, -0.25) is 0 Å². The van der Waals surface area contributed by atoms with E-state index in [1.165, 1.54) is 56.7 Å². The van der Waals surface area contributed by atoms with E-state index in [1.54, 1.807) is 0 Å². The number of esters is 1. The van der Waals surface area contributed by atoms with Gasteiger partial charge < -0.3 is 13.7 Å². The van der Waals surface area contributed by atoms with Crippen LogP contribution in [0.25, 0.3) is 6.08 Å². The van der Waals surface area contributed by atoms with Crippen LogP contribution in [0.5, 0.6) is 11.5 Å². The minimum atomic E-state index is -4.22. The highest BCUT2D eigenvalue weighted by molar-refractivity contribution is 7.90. The molecule has 0 saturated heterocycles. The van der Waals surface area contributed by atoms with Gasteiger partial charge in [0.15, 0.2) is 21.3 Å². The zero-order chi connectivity index (χ0) is 20.9. The maximum absolute atomic E-state index is 12.5. The van der Waals surface area contributed by atoms with Gasteiger partial charge in [-0.25, -0.2) is 13.2 Å². The lowest BCUT2D eigenvalue weighted by Gasteiger charge is -2.11. The van der Waals surface area contributed by atoms with Gasteiger partial charge in [0.25, 0.3) is 0 Å². The van der Waals surface area contributed by atoms with Gasteiger partial charge in [0.2, 0.25) is 0 Å². The number of hydrogen-bond acceptors (Lipinski definition) is 8. The molecular formula is C18H18O8S2. The average molecular weight is 426 g/mol. The van der Waals surface area contributed by atoms with E-state index in [2.05, 4.69) is 4.74 Å². The van der Waals surface area contributed by atoms with E-state index >= 15 is 0 Å². The van der Waals surface area contributed by atoms with Gasteiger partial charge in [-0.05, 0) is 48.0 Å². The van der Waals surface area contributed by atoms with Crippen LogP contribution in [-0.2, 0) is 29.5 Å². The fourth-order valence-corrected chi connectivity index (χ4v) is 3.68. The first-order valence-electron chi connectivity index (χ1n) is 7.75. The van der Waals surface area contributed by atoms with E-state index < -0.39 is 25.9 Å². The summed E-state index contributed by atoms with van der Waals surface area (Å²) in [6.45, 7) is 0. The van der Waals surface area contributed by atoms with E-state index in [1.807, 2.05) is 0 Å². The van der Waals surface area contributed by atoms with Gasteiger partial charge >= 0.3 is 16.1 Å². The molecule has 10 heteroatoms. The van der Waals surface area contributed by atoms with Crippen molar-refractivity contribution in [3.63, 3.8) is 0 Å².